The van der Waals surface area contributed by atoms with Crippen LogP contribution in [0.15, 0.2) is 4.52 Å². The molecular formula is C9H13N3O2. The van der Waals surface area contributed by atoms with Crippen molar-refractivity contribution in [1.82, 2.24) is 15.0 Å². The van der Waals surface area contributed by atoms with Crippen LogP contribution in [0.5, 0.6) is 0 Å². The number of likely N-dealkylation sites (tertiary alicyclic amines) is 1. The van der Waals surface area contributed by atoms with Gasteiger partial charge in [-0.25, -0.2) is 0 Å². The molecule has 1 unspecified atom stereocenters. The third-order valence-corrected chi connectivity index (χ3v) is 2.62. The monoisotopic (exact) mass is 195 g/mol. The molecule has 0 amide bonds. The first-order valence-corrected chi connectivity index (χ1v) is 4.80. The number of hydrogen-bond acceptors (Lipinski definition) is 5. The van der Waals surface area contributed by atoms with Crippen molar-refractivity contribution in [2.24, 2.45) is 0 Å². The highest BCUT2D eigenvalue weighted by atomic mass is 16.5. The molecule has 0 aromatic carbocycles. The largest absolute Gasteiger partial charge is 0.337 e. The molecule has 1 fully saturated rings. The Bertz CT molecular complexity index is 324. The number of aldehydes is 1. The number of hydrogen-bond donors (Lipinski definition) is 0. The lowest BCUT2D eigenvalue weighted by atomic mass is 10.0. The first-order chi connectivity index (χ1) is 6.81. The maximum atomic E-state index is 10.4. The van der Waals surface area contributed by atoms with E-state index in [2.05, 4.69) is 15.0 Å². The molecular weight excluding hydrogens is 182 g/mol. The molecule has 14 heavy (non-hydrogen) atoms. The topological polar surface area (TPSA) is 59.2 Å². The highest BCUT2D eigenvalue weighted by Gasteiger charge is 2.25. The smallest absolute Gasteiger partial charge is 0.244 e. The lowest BCUT2D eigenvalue weighted by molar-refractivity contribution is 0.111. The predicted molar refractivity (Wildman–Crippen MR) is 48.9 cm³/mol. The summed E-state index contributed by atoms with van der Waals surface area (Å²) in [7, 11) is 2.04. The van der Waals surface area contributed by atoms with Gasteiger partial charge in [-0.1, -0.05) is 11.6 Å². The van der Waals surface area contributed by atoms with Crippen LogP contribution in [-0.2, 0) is 0 Å². The van der Waals surface area contributed by atoms with Crippen molar-refractivity contribution < 1.29 is 9.32 Å². The lowest BCUT2D eigenvalue weighted by Gasteiger charge is -2.29. The minimum absolute atomic E-state index is 0.138. The van der Waals surface area contributed by atoms with Gasteiger partial charge in [0, 0.05) is 0 Å². The molecule has 2 rings (SSSR count). The summed E-state index contributed by atoms with van der Waals surface area (Å²) in [6.07, 6.45) is 4.02. The second kappa shape index (κ2) is 3.88. The van der Waals surface area contributed by atoms with E-state index in [1.807, 2.05) is 7.05 Å². The van der Waals surface area contributed by atoms with Crippen LogP contribution in [0, 0.1) is 0 Å². The van der Waals surface area contributed by atoms with E-state index in [1.54, 1.807) is 0 Å². The van der Waals surface area contributed by atoms with Crippen molar-refractivity contribution in [2.75, 3.05) is 13.6 Å². The summed E-state index contributed by atoms with van der Waals surface area (Å²) < 4.78 is 5.03. The summed E-state index contributed by atoms with van der Waals surface area (Å²) in [6, 6.07) is 0.185. The van der Waals surface area contributed by atoms with E-state index in [4.69, 9.17) is 4.52 Å². The number of piperidine rings is 1. The van der Waals surface area contributed by atoms with E-state index in [-0.39, 0.29) is 11.9 Å². The zero-order valence-corrected chi connectivity index (χ0v) is 8.14. The second-order valence-corrected chi connectivity index (χ2v) is 3.60. The van der Waals surface area contributed by atoms with Crippen LogP contribution >= 0.6 is 0 Å². The fraction of sp³-hybridized carbons (Fsp3) is 0.667. The average Bonchev–Trinajstić information content (AvgIpc) is 2.67. The Morgan fingerprint density at radius 3 is 3.07 bits per heavy atom. The second-order valence-electron chi connectivity index (χ2n) is 3.60. The van der Waals surface area contributed by atoms with Crippen molar-refractivity contribution in [3.63, 3.8) is 0 Å². The third kappa shape index (κ3) is 1.68. The molecule has 0 aliphatic carbocycles. The Morgan fingerprint density at radius 1 is 1.57 bits per heavy atom. The molecule has 5 nitrogen and oxygen atoms in total. The van der Waals surface area contributed by atoms with Gasteiger partial charge in [0.15, 0.2) is 6.29 Å². The van der Waals surface area contributed by atoms with Crippen LogP contribution in [0.4, 0.5) is 0 Å². The van der Waals surface area contributed by atoms with Crippen molar-refractivity contribution in [2.45, 2.75) is 25.3 Å². The molecule has 0 saturated carbocycles. The summed E-state index contributed by atoms with van der Waals surface area (Å²) in [5.41, 5.74) is 0. The van der Waals surface area contributed by atoms with Crippen LogP contribution in [0.3, 0.4) is 0 Å². The highest BCUT2D eigenvalue weighted by Crippen LogP contribution is 2.27. The summed E-state index contributed by atoms with van der Waals surface area (Å²) in [4.78, 5) is 16.6. The molecule has 1 aliphatic heterocycles. The minimum atomic E-state index is 0.138. The van der Waals surface area contributed by atoms with Crippen molar-refractivity contribution in [3.05, 3.63) is 11.7 Å². The Hall–Kier alpha value is -1.23. The molecule has 0 bridgehead atoms. The molecule has 0 spiro atoms. The zero-order valence-electron chi connectivity index (χ0n) is 8.14. The predicted octanol–water partition coefficient (Wildman–Crippen LogP) is 1.04. The molecule has 76 valence electrons. The van der Waals surface area contributed by atoms with Gasteiger partial charge >= 0.3 is 0 Å². The molecule has 1 aromatic heterocycles. The van der Waals surface area contributed by atoms with E-state index in [1.165, 1.54) is 12.8 Å². The van der Waals surface area contributed by atoms with Gasteiger partial charge in [-0.3, -0.25) is 9.69 Å². The standard InChI is InChI=1S/C9H13N3O2/c1-12-5-3-2-4-7(12)9-10-8(6-13)11-14-9/h6-7H,2-5H2,1H3. The number of aromatic nitrogens is 2. The molecule has 1 saturated heterocycles. The normalized spacial score (nSPS) is 23.6. The van der Waals surface area contributed by atoms with Crippen molar-refractivity contribution in [1.29, 1.82) is 0 Å². The Kier molecular flexibility index (Phi) is 2.58. The Balaban J connectivity index is 2.16. The van der Waals surface area contributed by atoms with Gasteiger partial charge < -0.3 is 4.52 Å². The van der Waals surface area contributed by atoms with Gasteiger partial charge in [0.1, 0.15) is 0 Å². The van der Waals surface area contributed by atoms with Gasteiger partial charge in [-0.2, -0.15) is 4.98 Å². The maximum absolute atomic E-state index is 10.4. The van der Waals surface area contributed by atoms with Gasteiger partial charge in [0.2, 0.25) is 11.7 Å². The molecule has 0 radical (unpaired) electrons. The van der Waals surface area contributed by atoms with Gasteiger partial charge in [0.25, 0.3) is 0 Å². The van der Waals surface area contributed by atoms with Gasteiger partial charge in [-0.05, 0) is 26.4 Å². The summed E-state index contributed by atoms with van der Waals surface area (Å²) >= 11 is 0. The van der Waals surface area contributed by atoms with Gasteiger partial charge in [-0.15, -0.1) is 0 Å². The molecule has 1 aliphatic rings. The van der Waals surface area contributed by atoms with E-state index >= 15 is 0 Å². The molecule has 0 N–H and O–H groups in total. The molecule has 1 atom stereocenters. The van der Waals surface area contributed by atoms with Crippen LogP contribution in [0.1, 0.15) is 41.8 Å². The number of nitrogens with zero attached hydrogens (tertiary/aromatic N) is 3. The van der Waals surface area contributed by atoms with Crippen LogP contribution in [0.25, 0.3) is 0 Å². The van der Waals surface area contributed by atoms with Crippen LogP contribution in [0.2, 0.25) is 0 Å². The van der Waals surface area contributed by atoms with E-state index in [0.717, 1.165) is 13.0 Å². The van der Waals surface area contributed by atoms with Crippen molar-refractivity contribution >= 4 is 6.29 Å². The van der Waals surface area contributed by atoms with E-state index < -0.39 is 0 Å². The van der Waals surface area contributed by atoms with Crippen LogP contribution in [-0.4, -0.2) is 34.9 Å². The average molecular weight is 195 g/mol. The Labute approximate surface area is 82.1 Å². The molecule has 5 heteroatoms. The third-order valence-electron chi connectivity index (χ3n) is 2.62. The Morgan fingerprint density at radius 2 is 2.43 bits per heavy atom. The van der Waals surface area contributed by atoms with Crippen LogP contribution < -0.4 is 0 Å². The fourth-order valence-corrected chi connectivity index (χ4v) is 1.82. The van der Waals surface area contributed by atoms with Crippen molar-refractivity contribution in [3.8, 4) is 0 Å². The SMILES string of the molecule is CN1CCCCC1c1nc(C=O)no1. The number of rotatable bonds is 2. The lowest BCUT2D eigenvalue weighted by Crippen LogP contribution is -2.29. The zero-order chi connectivity index (χ0) is 9.97. The fourth-order valence-electron chi connectivity index (χ4n) is 1.82. The first-order valence-electron chi connectivity index (χ1n) is 4.80. The molecule has 2 heterocycles. The first kappa shape index (κ1) is 9.33. The number of carbonyl (C=O) groups excluding carboxylic acids is 1. The quantitative estimate of drug-likeness (QED) is 0.660. The number of carbonyl (C=O) groups is 1. The molecule has 1 aromatic rings. The van der Waals surface area contributed by atoms with E-state index in [9.17, 15) is 4.79 Å². The van der Waals surface area contributed by atoms with E-state index in [0.29, 0.717) is 12.2 Å². The van der Waals surface area contributed by atoms with Gasteiger partial charge in [0.05, 0.1) is 6.04 Å². The minimum Gasteiger partial charge on any atom is -0.337 e. The summed E-state index contributed by atoms with van der Waals surface area (Å²) in [5.74, 6) is 0.702. The maximum Gasteiger partial charge on any atom is 0.244 e. The summed E-state index contributed by atoms with van der Waals surface area (Å²) in [5, 5.41) is 3.56. The highest BCUT2D eigenvalue weighted by molar-refractivity contribution is 5.68. The summed E-state index contributed by atoms with van der Waals surface area (Å²) in [6.45, 7) is 1.05.